The molecule has 1 amide bonds. The van der Waals surface area contributed by atoms with Gasteiger partial charge in [-0.05, 0) is 43.9 Å². The number of amides is 1. The zero-order valence-corrected chi connectivity index (χ0v) is 16.4. The Balaban J connectivity index is 1.49. The van der Waals surface area contributed by atoms with Gasteiger partial charge in [0.25, 0.3) is 0 Å². The summed E-state index contributed by atoms with van der Waals surface area (Å²) in [5.74, 6) is 1.87. The average Bonchev–Trinajstić information content (AvgIpc) is 3.03. The molecule has 1 saturated heterocycles. The normalized spacial score (nSPS) is 17.6. The van der Waals surface area contributed by atoms with E-state index in [1.807, 2.05) is 30.0 Å². The van der Waals surface area contributed by atoms with Crippen molar-refractivity contribution in [1.29, 1.82) is 0 Å². The van der Waals surface area contributed by atoms with Crippen LogP contribution in [0.5, 0.6) is 5.75 Å². The first-order valence-electron chi connectivity index (χ1n) is 9.33. The lowest BCUT2D eigenvalue weighted by Gasteiger charge is -2.30. The van der Waals surface area contributed by atoms with E-state index in [2.05, 4.69) is 27.1 Å². The van der Waals surface area contributed by atoms with Crippen molar-refractivity contribution in [2.45, 2.75) is 31.8 Å². The van der Waals surface area contributed by atoms with E-state index in [4.69, 9.17) is 4.74 Å². The molecular weight excluding hydrogens is 362 g/mol. The molecule has 0 bridgehead atoms. The lowest BCUT2D eigenvalue weighted by Crippen LogP contribution is -2.40. The van der Waals surface area contributed by atoms with Crippen molar-refractivity contribution >= 4 is 39.7 Å². The van der Waals surface area contributed by atoms with E-state index < -0.39 is 0 Å². The third kappa shape index (κ3) is 3.85. The van der Waals surface area contributed by atoms with Crippen molar-refractivity contribution in [3.8, 4) is 5.75 Å². The van der Waals surface area contributed by atoms with Gasteiger partial charge in [0, 0.05) is 24.0 Å². The predicted molar refractivity (Wildman–Crippen MR) is 106 cm³/mol. The number of thioether (sulfide) groups is 1. The molecule has 1 atom stereocenters. The fourth-order valence-electron chi connectivity index (χ4n) is 3.49. The molecule has 3 aromatic rings. The van der Waals surface area contributed by atoms with Gasteiger partial charge in [0.15, 0.2) is 5.65 Å². The molecule has 0 aliphatic carbocycles. The van der Waals surface area contributed by atoms with Gasteiger partial charge in [-0.2, -0.15) is 0 Å². The third-order valence-electron chi connectivity index (χ3n) is 4.81. The van der Waals surface area contributed by atoms with Gasteiger partial charge in [-0.3, -0.25) is 4.79 Å². The number of ether oxygens (including phenoxy) is 1. The number of nitrogens with zero attached hydrogens (tertiary/aromatic N) is 4. The van der Waals surface area contributed by atoms with Crippen LogP contribution in [0.1, 0.15) is 26.7 Å². The zero-order valence-electron chi connectivity index (χ0n) is 15.6. The molecular formula is C19H23N5O2S. The van der Waals surface area contributed by atoms with E-state index in [1.54, 1.807) is 0 Å². The highest BCUT2D eigenvalue weighted by Gasteiger charge is 2.21. The van der Waals surface area contributed by atoms with E-state index in [-0.39, 0.29) is 5.91 Å². The largest absolute Gasteiger partial charge is 0.494 e. The second-order valence-electron chi connectivity index (χ2n) is 6.93. The van der Waals surface area contributed by atoms with Gasteiger partial charge < -0.3 is 14.6 Å². The Morgan fingerprint density at radius 1 is 1.41 bits per heavy atom. The summed E-state index contributed by atoms with van der Waals surface area (Å²) in [5.41, 5.74) is 2.33. The van der Waals surface area contributed by atoms with Gasteiger partial charge in [0.1, 0.15) is 11.3 Å². The summed E-state index contributed by atoms with van der Waals surface area (Å²) in [4.78, 5) is 22.2. The van der Waals surface area contributed by atoms with Crippen LogP contribution in [-0.2, 0) is 4.79 Å². The summed E-state index contributed by atoms with van der Waals surface area (Å²) in [6, 6.07) is 5.82. The van der Waals surface area contributed by atoms with E-state index in [1.165, 1.54) is 18.2 Å². The Morgan fingerprint density at radius 3 is 3.11 bits per heavy atom. The Bertz CT molecular complexity index is 973. The van der Waals surface area contributed by atoms with Gasteiger partial charge in [0.2, 0.25) is 11.1 Å². The summed E-state index contributed by atoms with van der Waals surface area (Å²) in [6.07, 6.45) is 2.28. The molecule has 2 aromatic heterocycles. The van der Waals surface area contributed by atoms with Crippen molar-refractivity contribution < 1.29 is 9.53 Å². The molecule has 7 nitrogen and oxygen atoms in total. The van der Waals surface area contributed by atoms with E-state index in [0.717, 1.165) is 36.2 Å². The number of piperidine rings is 1. The van der Waals surface area contributed by atoms with Gasteiger partial charge >= 0.3 is 0 Å². The third-order valence-corrected chi connectivity index (χ3v) is 5.63. The van der Waals surface area contributed by atoms with Crippen LogP contribution >= 0.6 is 11.8 Å². The molecule has 0 radical (unpaired) electrons. The fraction of sp³-hybridized carbons (Fsp3) is 0.474. The number of nitrogens with one attached hydrogen (secondary N) is 1. The van der Waals surface area contributed by atoms with E-state index >= 15 is 0 Å². The van der Waals surface area contributed by atoms with Crippen LogP contribution in [0.2, 0.25) is 0 Å². The Kier molecular flexibility index (Phi) is 5.15. The number of carbonyl (C=O) groups excluding carboxylic acids is 1. The van der Waals surface area contributed by atoms with E-state index in [9.17, 15) is 4.79 Å². The van der Waals surface area contributed by atoms with Gasteiger partial charge in [-0.15, -0.1) is 10.2 Å². The average molecular weight is 385 g/mol. The number of rotatable bonds is 5. The first-order valence-corrected chi connectivity index (χ1v) is 10.3. The number of H-pyrrole nitrogens is 1. The number of likely N-dealkylation sites (tertiary alicyclic amines) is 1. The molecule has 1 aliphatic heterocycles. The van der Waals surface area contributed by atoms with Crippen LogP contribution in [0.4, 0.5) is 0 Å². The molecule has 142 valence electrons. The number of fused-ring (bicyclic) bond motifs is 3. The standard InChI is InChI=1S/C19H23N5O2S/c1-3-26-13-6-7-15-14(9-13)17-18(20-15)21-19(23-22-17)27-11-16(25)24-8-4-5-12(2)10-24/h6-7,9,12H,3-5,8,10-11H2,1-2H3,(H,20,21,23). The molecule has 27 heavy (non-hydrogen) atoms. The van der Waals surface area contributed by atoms with Crippen LogP contribution in [0.25, 0.3) is 22.1 Å². The first-order chi connectivity index (χ1) is 13.1. The van der Waals surface area contributed by atoms with Crippen LogP contribution in [-0.4, -0.2) is 56.4 Å². The molecule has 1 N–H and O–H groups in total. The molecule has 1 unspecified atom stereocenters. The van der Waals surface area contributed by atoms with Gasteiger partial charge in [0.05, 0.1) is 12.4 Å². The van der Waals surface area contributed by atoms with Crippen molar-refractivity contribution in [3.63, 3.8) is 0 Å². The highest BCUT2D eigenvalue weighted by molar-refractivity contribution is 7.99. The first kappa shape index (κ1) is 18.0. The second-order valence-corrected chi connectivity index (χ2v) is 7.88. The maximum absolute atomic E-state index is 12.4. The van der Waals surface area contributed by atoms with Crippen LogP contribution in [0.3, 0.4) is 0 Å². The van der Waals surface area contributed by atoms with Crippen molar-refractivity contribution in [2.24, 2.45) is 5.92 Å². The zero-order chi connectivity index (χ0) is 18.8. The number of aromatic amines is 1. The summed E-state index contributed by atoms with van der Waals surface area (Å²) in [5, 5.41) is 9.98. The molecule has 4 rings (SSSR count). The molecule has 1 aliphatic rings. The maximum Gasteiger partial charge on any atom is 0.233 e. The number of hydrogen-bond donors (Lipinski definition) is 1. The van der Waals surface area contributed by atoms with Crippen LogP contribution < -0.4 is 4.74 Å². The number of aromatic nitrogens is 4. The van der Waals surface area contributed by atoms with Crippen LogP contribution in [0.15, 0.2) is 23.4 Å². The molecule has 0 saturated carbocycles. The Hall–Kier alpha value is -2.35. The monoisotopic (exact) mass is 385 g/mol. The lowest BCUT2D eigenvalue weighted by atomic mass is 10.0. The number of benzene rings is 1. The minimum Gasteiger partial charge on any atom is -0.494 e. The van der Waals surface area contributed by atoms with Crippen molar-refractivity contribution in [1.82, 2.24) is 25.1 Å². The number of carbonyl (C=O) groups is 1. The highest BCUT2D eigenvalue weighted by Crippen LogP contribution is 2.27. The highest BCUT2D eigenvalue weighted by atomic mass is 32.2. The van der Waals surface area contributed by atoms with Gasteiger partial charge in [-0.1, -0.05) is 18.7 Å². The smallest absolute Gasteiger partial charge is 0.233 e. The SMILES string of the molecule is CCOc1ccc2[nH]c3nc(SCC(=O)N4CCCC(C)C4)nnc3c2c1. The number of hydrogen-bond acceptors (Lipinski definition) is 6. The molecule has 0 spiro atoms. The summed E-state index contributed by atoms with van der Waals surface area (Å²) < 4.78 is 5.56. The summed E-state index contributed by atoms with van der Waals surface area (Å²) in [6.45, 7) is 6.46. The topological polar surface area (TPSA) is 84.0 Å². The molecule has 3 heterocycles. The Morgan fingerprint density at radius 2 is 2.30 bits per heavy atom. The molecule has 8 heteroatoms. The summed E-state index contributed by atoms with van der Waals surface area (Å²) in [7, 11) is 0. The Labute approximate surface area is 161 Å². The quantitative estimate of drug-likeness (QED) is 0.679. The van der Waals surface area contributed by atoms with Crippen molar-refractivity contribution in [2.75, 3.05) is 25.4 Å². The molecule has 1 aromatic carbocycles. The maximum atomic E-state index is 12.4. The molecule has 1 fully saturated rings. The van der Waals surface area contributed by atoms with Gasteiger partial charge in [-0.25, -0.2) is 4.98 Å². The van der Waals surface area contributed by atoms with Crippen LogP contribution in [0, 0.1) is 5.92 Å². The van der Waals surface area contributed by atoms with E-state index in [0.29, 0.717) is 34.6 Å². The van der Waals surface area contributed by atoms with Crippen molar-refractivity contribution in [3.05, 3.63) is 18.2 Å². The fourth-order valence-corrected chi connectivity index (χ4v) is 4.18. The second kappa shape index (κ2) is 7.72. The predicted octanol–water partition coefficient (Wildman–Crippen LogP) is 3.26. The lowest BCUT2D eigenvalue weighted by molar-refractivity contribution is -0.130. The minimum atomic E-state index is 0.147. The minimum absolute atomic E-state index is 0.147. The summed E-state index contributed by atoms with van der Waals surface area (Å²) >= 11 is 1.34.